The van der Waals surface area contributed by atoms with Gasteiger partial charge in [0.05, 0.1) is 17.5 Å². The van der Waals surface area contributed by atoms with Crippen molar-refractivity contribution >= 4 is 34.3 Å². The van der Waals surface area contributed by atoms with Crippen LogP contribution in [0.25, 0.3) is 0 Å². The van der Waals surface area contributed by atoms with Crippen LogP contribution in [0.2, 0.25) is 0 Å². The first-order chi connectivity index (χ1) is 13.4. The van der Waals surface area contributed by atoms with Gasteiger partial charge in [-0.15, -0.1) is 11.3 Å². The van der Waals surface area contributed by atoms with Crippen LogP contribution >= 0.6 is 11.3 Å². The monoisotopic (exact) mass is 437 g/mol. The Morgan fingerprint density at radius 1 is 1.24 bits per heavy atom. The Bertz CT molecular complexity index is 783. The largest absolute Gasteiger partial charge is 0.490 e. The first-order valence-corrected chi connectivity index (χ1v) is 9.80. The number of carboxylic acid groups (broad SMARTS) is 2. The van der Waals surface area contributed by atoms with Crippen LogP contribution in [-0.4, -0.2) is 57.2 Å². The normalized spacial score (nSPS) is 24.1. The number of alkyl halides is 3. The molecular weight excluding hydrogens is 415 g/mol. The number of aromatic nitrogens is 1. The molecule has 162 valence electrons. The molecule has 0 bridgehead atoms. The molecule has 3 atom stereocenters. The number of amides is 1. The highest BCUT2D eigenvalue weighted by molar-refractivity contribution is 7.15. The molecule has 0 radical (unpaired) electrons. The van der Waals surface area contributed by atoms with Gasteiger partial charge in [0.2, 0.25) is 5.91 Å². The van der Waals surface area contributed by atoms with Crippen LogP contribution in [0, 0.1) is 11.8 Å². The van der Waals surface area contributed by atoms with Gasteiger partial charge in [-0.2, -0.15) is 13.2 Å². The molecule has 4 N–H and O–H groups in total. The zero-order valence-corrected chi connectivity index (χ0v) is 16.4. The SMILES string of the molecule is CC1CCN(C(=O)C2CCCc3sc(N)nc32)CC1C(=O)O.O=C(O)C(F)(F)F. The van der Waals surface area contributed by atoms with E-state index in [-0.39, 0.29) is 17.7 Å². The van der Waals surface area contributed by atoms with Gasteiger partial charge in [-0.25, -0.2) is 9.78 Å². The Morgan fingerprint density at radius 3 is 2.41 bits per heavy atom. The molecule has 1 aromatic rings. The minimum Gasteiger partial charge on any atom is -0.481 e. The average molecular weight is 437 g/mol. The van der Waals surface area contributed by atoms with Gasteiger partial charge in [0.15, 0.2) is 5.13 Å². The molecule has 3 unspecified atom stereocenters. The number of aryl methyl sites for hydroxylation is 1. The second kappa shape index (κ2) is 8.97. The van der Waals surface area contributed by atoms with E-state index < -0.39 is 24.0 Å². The lowest BCUT2D eigenvalue weighted by molar-refractivity contribution is -0.192. The van der Waals surface area contributed by atoms with Crippen molar-refractivity contribution in [1.82, 2.24) is 9.88 Å². The smallest absolute Gasteiger partial charge is 0.481 e. The van der Waals surface area contributed by atoms with Gasteiger partial charge < -0.3 is 20.8 Å². The average Bonchev–Trinajstić information content (AvgIpc) is 3.01. The van der Waals surface area contributed by atoms with Gasteiger partial charge >= 0.3 is 18.1 Å². The fourth-order valence-corrected chi connectivity index (χ4v) is 4.42. The standard InChI is InChI=1S/C15H21N3O3S.C2HF3O2/c1-8-5-6-18(7-10(8)14(20)21)13(19)9-3-2-4-11-12(9)17-15(16)22-11;3-2(4,5)1(6)7/h8-10H,2-7H2,1H3,(H2,16,17)(H,20,21);(H,6,7). The molecule has 1 aliphatic heterocycles. The molecular formula is C17H22F3N3O5S. The molecule has 0 aromatic carbocycles. The number of carboxylic acids is 2. The fourth-order valence-electron chi connectivity index (χ4n) is 3.49. The van der Waals surface area contributed by atoms with E-state index in [0.717, 1.165) is 36.3 Å². The number of nitrogen functional groups attached to an aromatic ring is 1. The molecule has 1 fully saturated rings. The van der Waals surface area contributed by atoms with Gasteiger partial charge in [0, 0.05) is 18.0 Å². The summed E-state index contributed by atoms with van der Waals surface area (Å²) in [6.07, 6.45) is -1.68. The van der Waals surface area contributed by atoms with Crippen molar-refractivity contribution in [1.29, 1.82) is 0 Å². The number of thiazole rings is 1. The van der Waals surface area contributed by atoms with Crippen LogP contribution in [-0.2, 0) is 20.8 Å². The number of nitrogens with two attached hydrogens (primary N) is 1. The van der Waals surface area contributed by atoms with Crippen LogP contribution in [0.5, 0.6) is 0 Å². The molecule has 1 amide bonds. The summed E-state index contributed by atoms with van der Waals surface area (Å²) in [5.41, 5.74) is 6.61. The first-order valence-electron chi connectivity index (χ1n) is 8.98. The van der Waals surface area contributed by atoms with E-state index in [1.807, 2.05) is 6.92 Å². The number of halogens is 3. The van der Waals surface area contributed by atoms with Crippen molar-refractivity contribution in [3.05, 3.63) is 10.6 Å². The van der Waals surface area contributed by atoms with Crippen molar-refractivity contribution in [3.63, 3.8) is 0 Å². The molecule has 0 saturated carbocycles. The number of rotatable bonds is 2. The molecule has 29 heavy (non-hydrogen) atoms. The highest BCUT2D eigenvalue weighted by Crippen LogP contribution is 2.37. The Kier molecular flexibility index (Phi) is 7.09. The Hall–Kier alpha value is -2.37. The number of hydrogen-bond donors (Lipinski definition) is 3. The predicted molar refractivity (Wildman–Crippen MR) is 97.4 cm³/mol. The summed E-state index contributed by atoms with van der Waals surface area (Å²) in [5, 5.41) is 17.0. The van der Waals surface area contributed by atoms with Crippen molar-refractivity contribution in [3.8, 4) is 0 Å². The van der Waals surface area contributed by atoms with E-state index in [2.05, 4.69) is 4.98 Å². The van der Waals surface area contributed by atoms with Gasteiger partial charge in [-0.3, -0.25) is 9.59 Å². The van der Waals surface area contributed by atoms with Gasteiger partial charge in [0.25, 0.3) is 0 Å². The van der Waals surface area contributed by atoms with E-state index in [4.69, 9.17) is 15.6 Å². The van der Waals surface area contributed by atoms with Crippen LogP contribution < -0.4 is 5.73 Å². The minimum atomic E-state index is -5.08. The first kappa shape index (κ1) is 22.9. The molecule has 2 heterocycles. The van der Waals surface area contributed by atoms with Crippen LogP contribution in [0.4, 0.5) is 18.3 Å². The molecule has 1 aliphatic carbocycles. The summed E-state index contributed by atoms with van der Waals surface area (Å²) < 4.78 is 31.7. The van der Waals surface area contributed by atoms with Crippen molar-refractivity contribution < 1.29 is 37.8 Å². The number of likely N-dealkylation sites (tertiary alicyclic amines) is 1. The van der Waals surface area contributed by atoms with Gasteiger partial charge in [-0.05, 0) is 31.6 Å². The highest BCUT2D eigenvalue weighted by Gasteiger charge is 2.39. The third-order valence-electron chi connectivity index (χ3n) is 5.10. The fraction of sp³-hybridized carbons (Fsp3) is 0.647. The third kappa shape index (κ3) is 5.58. The lowest BCUT2D eigenvalue weighted by Gasteiger charge is -2.37. The summed E-state index contributed by atoms with van der Waals surface area (Å²) >= 11 is 1.47. The maximum absolute atomic E-state index is 12.9. The summed E-state index contributed by atoms with van der Waals surface area (Å²) in [4.78, 5) is 40.3. The number of hydrogen-bond acceptors (Lipinski definition) is 6. The summed E-state index contributed by atoms with van der Waals surface area (Å²) in [7, 11) is 0. The zero-order valence-electron chi connectivity index (χ0n) is 15.6. The van der Waals surface area contributed by atoms with E-state index >= 15 is 0 Å². The zero-order chi connectivity index (χ0) is 21.9. The number of carbonyl (C=O) groups is 3. The van der Waals surface area contributed by atoms with Crippen molar-refractivity contribution in [2.75, 3.05) is 18.8 Å². The Labute approximate surface area is 168 Å². The maximum atomic E-state index is 12.9. The molecule has 12 heteroatoms. The number of carbonyl (C=O) groups excluding carboxylic acids is 1. The minimum absolute atomic E-state index is 0.0180. The Balaban J connectivity index is 0.000000370. The van der Waals surface area contributed by atoms with Crippen molar-refractivity contribution in [2.24, 2.45) is 11.8 Å². The lowest BCUT2D eigenvalue weighted by atomic mass is 9.85. The number of anilines is 1. The lowest BCUT2D eigenvalue weighted by Crippen LogP contribution is -2.47. The van der Waals surface area contributed by atoms with E-state index in [0.29, 0.717) is 18.2 Å². The predicted octanol–water partition coefficient (Wildman–Crippen LogP) is 2.35. The maximum Gasteiger partial charge on any atom is 0.490 e. The second-order valence-corrected chi connectivity index (χ2v) is 8.22. The topological polar surface area (TPSA) is 134 Å². The van der Waals surface area contributed by atoms with Crippen molar-refractivity contribution in [2.45, 2.75) is 44.7 Å². The van der Waals surface area contributed by atoms with Gasteiger partial charge in [-0.1, -0.05) is 6.92 Å². The number of piperidine rings is 1. The van der Waals surface area contributed by atoms with Crippen LogP contribution in [0.15, 0.2) is 0 Å². The summed E-state index contributed by atoms with van der Waals surface area (Å²) in [5.74, 6) is -4.16. The summed E-state index contributed by atoms with van der Waals surface area (Å²) in [6.45, 7) is 2.89. The molecule has 0 spiro atoms. The Morgan fingerprint density at radius 2 is 1.86 bits per heavy atom. The molecule has 3 rings (SSSR count). The molecule has 2 aliphatic rings. The molecule has 8 nitrogen and oxygen atoms in total. The van der Waals surface area contributed by atoms with E-state index in [1.54, 1.807) is 4.90 Å². The molecule has 1 aromatic heterocycles. The third-order valence-corrected chi connectivity index (χ3v) is 6.06. The number of fused-ring (bicyclic) bond motifs is 1. The summed E-state index contributed by atoms with van der Waals surface area (Å²) in [6, 6.07) is 0. The van der Waals surface area contributed by atoms with E-state index in [1.165, 1.54) is 11.3 Å². The molecule has 1 saturated heterocycles. The number of nitrogens with zero attached hydrogens (tertiary/aromatic N) is 2. The number of aliphatic carboxylic acids is 2. The van der Waals surface area contributed by atoms with Gasteiger partial charge in [0.1, 0.15) is 0 Å². The highest BCUT2D eigenvalue weighted by atomic mass is 32.1. The quantitative estimate of drug-likeness (QED) is 0.647. The van der Waals surface area contributed by atoms with E-state index in [9.17, 15) is 27.9 Å². The van der Waals surface area contributed by atoms with Crippen LogP contribution in [0.3, 0.4) is 0 Å². The van der Waals surface area contributed by atoms with Crippen LogP contribution in [0.1, 0.15) is 42.7 Å². The second-order valence-electron chi connectivity index (χ2n) is 7.10.